The molecule has 5 nitrogen and oxygen atoms in total. The summed E-state index contributed by atoms with van der Waals surface area (Å²) in [5.74, 6) is 0.0802. The van der Waals surface area contributed by atoms with Crippen LogP contribution in [0.5, 0.6) is 0 Å². The number of aryl methyl sites for hydroxylation is 1. The highest BCUT2D eigenvalue weighted by Gasteiger charge is 2.35. The molecule has 116 valence electrons. The molecule has 22 heavy (non-hydrogen) atoms. The standard InChI is InChI=1S/C17H21N3O2/c1-19-12-14(11-18-19)9-15-16(21)7-8-20(15)17(22)10-13-5-3-2-4-6-13/h2-6,11-12,15-16,21H,7-10H2,1H3/t15-,16-/m0/s1. The highest BCUT2D eigenvalue weighted by molar-refractivity contribution is 5.79. The minimum absolute atomic E-state index is 0.0802. The van der Waals surface area contributed by atoms with Gasteiger partial charge in [0.2, 0.25) is 5.91 Å². The van der Waals surface area contributed by atoms with E-state index in [9.17, 15) is 9.90 Å². The normalized spacial score (nSPS) is 21.3. The predicted molar refractivity (Wildman–Crippen MR) is 83.2 cm³/mol. The third kappa shape index (κ3) is 3.20. The average Bonchev–Trinajstić information content (AvgIpc) is 3.07. The Bertz CT molecular complexity index is 638. The molecule has 1 aliphatic rings. The van der Waals surface area contributed by atoms with Gasteiger partial charge in [-0.25, -0.2) is 0 Å². The zero-order chi connectivity index (χ0) is 15.5. The summed E-state index contributed by atoms with van der Waals surface area (Å²) in [7, 11) is 1.87. The molecule has 5 heteroatoms. The van der Waals surface area contributed by atoms with Crippen molar-refractivity contribution < 1.29 is 9.90 Å². The van der Waals surface area contributed by atoms with Crippen LogP contribution in [0.4, 0.5) is 0 Å². The van der Waals surface area contributed by atoms with E-state index in [2.05, 4.69) is 5.10 Å². The lowest BCUT2D eigenvalue weighted by molar-refractivity contribution is -0.132. The number of aromatic nitrogens is 2. The summed E-state index contributed by atoms with van der Waals surface area (Å²) in [6, 6.07) is 9.59. The fourth-order valence-electron chi connectivity index (χ4n) is 3.08. The van der Waals surface area contributed by atoms with E-state index in [-0.39, 0.29) is 11.9 Å². The molecule has 0 saturated carbocycles. The molecule has 1 saturated heterocycles. The minimum atomic E-state index is -0.458. The Kier molecular flexibility index (Phi) is 4.24. The van der Waals surface area contributed by atoms with Crippen LogP contribution in [0.1, 0.15) is 17.5 Å². The van der Waals surface area contributed by atoms with Crippen molar-refractivity contribution in [3.63, 3.8) is 0 Å². The predicted octanol–water partition coefficient (Wildman–Crippen LogP) is 1.17. The van der Waals surface area contributed by atoms with E-state index in [4.69, 9.17) is 0 Å². The van der Waals surface area contributed by atoms with Gasteiger partial charge in [-0.2, -0.15) is 5.10 Å². The van der Waals surface area contributed by atoms with Crippen LogP contribution in [0.2, 0.25) is 0 Å². The Morgan fingerprint density at radius 2 is 2.09 bits per heavy atom. The van der Waals surface area contributed by atoms with Crippen LogP contribution in [0.15, 0.2) is 42.7 Å². The Labute approximate surface area is 130 Å². The van der Waals surface area contributed by atoms with Crippen LogP contribution >= 0.6 is 0 Å². The smallest absolute Gasteiger partial charge is 0.227 e. The van der Waals surface area contributed by atoms with Gasteiger partial charge in [-0.15, -0.1) is 0 Å². The molecule has 2 aromatic rings. The van der Waals surface area contributed by atoms with Crippen molar-refractivity contribution >= 4 is 5.91 Å². The van der Waals surface area contributed by atoms with Crippen LogP contribution in [-0.4, -0.2) is 44.4 Å². The molecule has 0 radical (unpaired) electrons. The summed E-state index contributed by atoms with van der Waals surface area (Å²) < 4.78 is 1.74. The molecule has 0 aliphatic carbocycles. The van der Waals surface area contributed by atoms with Crippen LogP contribution in [0.25, 0.3) is 0 Å². The van der Waals surface area contributed by atoms with E-state index >= 15 is 0 Å². The zero-order valence-electron chi connectivity index (χ0n) is 12.7. The van der Waals surface area contributed by atoms with Gasteiger partial charge < -0.3 is 10.0 Å². The average molecular weight is 299 g/mol. The number of rotatable bonds is 4. The Morgan fingerprint density at radius 1 is 1.32 bits per heavy atom. The van der Waals surface area contributed by atoms with Gasteiger partial charge in [0.15, 0.2) is 0 Å². The van der Waals surface area contributed by atoms with Crippen LogP contribution < -0.4 is 0 Å². The lowest BCUT2D eigenvalue weighted by Gasteiger charge is -2.26. The Hall–Kier alpha value is -2.14. The number of hydrogen-bond donors (Lipinski definition) is 1. The summed E-state index contributed by atoms with van der Waals surface area (Å²) in [6.45, 7) is 0.623. The maximum atomic E-state index is 12.6. The first-order valence-corrected chi connectivity index (χ1v) is 7.62. The molecule has 1 aromatic carbocycles. The fraction of sp³-hybridized carbons (Fsp3) is 0.412. The monoisotopic (exact) mass is 299 g/mol. The van der Waals surface area contributed by atoms with E-state index in [0.717, 1.165) is 11.1 Å². The first kappa shape index (κ1) is 14.8. The molecule has 0 spiro atoms. The number of likely N-dealkylation sites (tertiary alicyclic amines) is 1. The summed E-state index contributed by atoms with van der Waals surface area (Å²) in [4.78, 5) is 14.4. The van der Waals surface area contributed by atoms with Crippen molar-refractivity contribution in [2.45, 2.75) is 31.4 Å². The van der Waals surface area contributed by atoms with Crippen LogP contribution in [0, 0.1) is 0 Å². The lowest BCUT2D eigenvalue weighted by atomic mass is 10.0. The number of aliphatic hydroxyl groups is 1. The quantitative estimate of drug-likeness (QED) is 0.922. The van der Waals surface area contributed by atoms with Crippen molar-refractivity contribution in [1.29, 1.82) is 0 Å². The van der Waals surface area contributed by atoms with E-state index < -0.39 is 6.10 Å². The highest BCUT2D eigenvalue weighted by atomic mass is 16.3. The third-order valence-electron chi connectivity index (χ3n) is 4.23. The number of hydrogen-bond acceptors (Lipinski definition) is 3. The molecule has 0 bridgehead atoms. The first-order valence-electron chi connectivity index (χ1n) is 7.62. The van der Waals surface area contributed by atoms with Gasteiger partial charge >= 0.3 is 0 Å². The molecule has 1 aromatic heterocycles. The largest absolute Gasteiger partial charge is 0.391 e. The van der Waals surface area contributed by atoms with Crippen LogP contribution in [-0.2, 0) is 24.7 Å². The molecule has 1 aliphatic heterocycles. The van der Waals surface area contributed by atoms with Gasteiger partial charge in [0.25, 0.3) is 0 Å². The summed E-state index contributed by atoms with van der Waals surface area (Å²) >= 11 is 0. The van der Waals surface area contributed by atoms with Gasteiger partial charge in [-0.3, -0.25) is 9.48 Å². The van der Waals surface area contributed by atoms with E-state index in [1.807, 2.05) is 48.5 Å². The van der Waals surface area contributed by atoms with Gasteiger partial charge in [-0.05, 0) is 24.0 Å². The second-order valence-electron chi connectivity index (χ2n) is 5.90. The van der Waals surface area contributed by atoms with Gasteiger partial charge in [-0.1, -0.05) is 30.3 Å². The second-order valence-corrected chi connectivity index (χ2v) is 5.90. The minimum Gasteiger partial charge on any atom is -0.391 e. The second kappa shape index (κ2) is 6.32. The molecule has 1 fully saturated rings. The number of amides is 1. The summed E-state index contributed by atoms with van der Waals surface area (Å²) in [5.41, 5.74) is 2.06. The number of aliphatic hydroxyl groups excluding tert-OH is 1. The maximum absolute atomic E-state index is 12.6. The first-order chi connectivity index (χ1) is 10.6. The number of carbonyl (C=O) groups excluding carboxylic acids is 1. The van der Waals surface area contributed by atoms with Gasteiger partial charge in [0.1, 0.15) is 0 Å². The van der Waals surface area contributed by atoms with Gasteiger partial charge in [0, 0.05) is 19.8 Å². The number of nitrogens with zero attached hydrogens (tertiary/aromatic N) is 3. The van der Waals surface area contributed by atoms with Gasteiger partial charge in [0.05, 0.1) is 24.8 Å². The lowest BCUT2D eigenvalue weighted by Crippen LogP contribution is -2.41. The van der Waals surface area contributed by atoms with Crippen molar-refractivity contribution in [3.05, 3.63) is 53.9 Å². The van der Waals surface area contributed by atoms with E-state index in [1.54, 1.807) is 10.9 Å². The molecule has 1 amide bonds. The SMILES string of the molecule is Cn1cc(C[C@H]2[C@@H](O)CCN2C(=O)Cc2ccccc2)cn1. The fourth-order valence-corrected chi connectivity index (χ4v) is 3.08. The van der Waals surface area contributed by atoms with Crippen molar-refractivity contribution in [3.8, 4) is 0 Å². The Morgan fingerprint density at radius 3 is 2.77 bits per heavy atom. The van der Waals surface area contributed by atoms with Crippen LogP contribution in [0.3, 0.4) is 0 Å². The maximum Gasteiger partial charge on any atom is 0.227 e. The molecule has 1 N–H and O–H groups in total. The highest BCUT2D eigenvalue weighted by Crippen LogP contribution is 2.22. The Balaban J connectivity index is 1.69. The topological polar surface area (TPSA) is 58.4 Å². The van der Waals surface area contributed by atoms with Crippen molar-refractivity contribution in [2.75, 3.05) is 6.54 Å². The van der Waals surface area contributed by atoms with E-state index in [0.29, 0.717) is 25.8 Å². The zero-order valence-corrected chi connectivity index (χ0v) is 12.7. The molecule has 2 atom stereocenters. The number of carbonyl (C=O) groups is 1. The molecule has 0 unspecified atom stereocenters. The molecule has 2 heterocycles. The molecular formula is C17H21N3O2. The summed E-state index contributed by atoms with van der Waals surface area (Å²) in [5, 5.41) is 14.4. The molecular weight excluding hydrogens is 278 g/mol. The van der Waals surface area contributed by atoms with Crippen molar-refractivity contribution in [2.24, 2.45) is 7.05 Å². The van der Waals surface area contributed by atoms with Crippen molar-refractivity contribution in [1.82, 2.24) is 14.7 Å². The summed E-state index contributed by atoms with van der Waals surface area (Å²) in [6.07, 6.45) is 4.95. The molecule has 3 rings (SSSR count). The number of benzene rings is 1. The van der Waals surface area contributed by atoms with E-state index in [1.165, 1.54) is 0 Å². The third-order valence-corrected chi connectivity index (χ3v) is 4.23.